The molecule has 1 aromatic carbocycles. The molecule has 0 bridgehead atoms. The van der Waals surface area contributed by atoms with E-state index >= 15 is 0 Å². The van der Waals surface area contributed by atoms with Crippen LogP contribution in [0.1, 0.15) is 5.69 Å². The number of nitrogens with one attached hydrogen (secondary N) is 1. The zero-order valence-corrected chi connectivity index (χ0v) is 11.8. The molecule has 0 aliphatic heterocycles. The predicted molar refractivity (Wildman–Crippen MR) is 82.6 cm³/mol. The maximum Gasteiger partial charge on any atom is 0.124 e. The molecule has 0 spiro atoms. The number of nitrogens with two attached hydrogens (primary N) is 1. The average molecular weight is 355 g/mol. The fourth-order valence-electron chi connectivity index (χ4n) is 1.41. The second-order valence-corrected chi connectivity index (χ2v) is 4.97. The fourth-order valence-corrected chi connectivity index (χ4v) is 2.10. The van der Waals surface area contributed by atoms with Gasteiger partial charge in [-0.3, -0.25) is 4.98 Å². The summed E-state index contributed by atoms with van der Waals surface area (Å²) in [4.78, 5) is 4.46. The van der Waals surface area contributed by atoms with Crippen molar-refractivity contribution in [3.05, 3.63) is 51.9 Å². The molecule has 5 heteroatoms. The van der Waals surface area contributed by atoms with Crippen molar-refractivity contribution in [1.29, 1.82) is 0 Å². The lowest BCUT2D eigenvalue weighted by atomic mass is 10.2. The third-order valence-electron chi connectivity index (χ3n) is 2.18. The molecule has 0 saturated carbocycles. The summed E-state index contributed by atoms with van der Waals surface area (Å²) < 4.78 is 1.13. The number of thiocarbonyl (C=S) groups is 1. The lowest BCUT2D eigenvalue weighted by Gasteiger charge is -2.11. The maximum atomic E-state index is 5.63. The highest BCUT2D eigenvalue weighted by atomic mass is 127. The molecule has 0 radical (unpaired) electrons. The van der Waals surface area contributed by atoms with Gasteiger partial charge in [0.2, 0.25) is 0 Å². The van der Waals surface area contributed by atoms with Gasteiger partial charge in [0.25, 0.3) is 0 Å². The van der Waals surface area contributed by atoms with Crippen LogP contribution in [0.3, 0.4) is 0 Å². The average Bonchev–Trinajstić information content (AvgIpc) is 2.32. The van der Waals surface area contributed by atoms with E-state index in [1.165, 1.54) is 0 Å². The van der Waals surface area contributed by atoms with E-state index in [1.54, 1.807) is 6.20 Å². The van der Waals surface area contributed by atoms with Gasteiger partial charge >= 0.3 is 0 Å². The number of para-hydroxylation sites is 1. The molecule has 3 N–H and O–H groups in total. The van der Waals surface area contributed by atoms with Gasteiger partial charge in [0.05, 0.1) is 11.4 Å². The number of rotatable bonds is 3. The molecule has 0 atom stereocenters. The van der Waals surface area contributed by atoms with E-state index < -0.39 is 0 Å². The standard InChI is InChI=1S/C12H10IN3S/c13-8-4-1-2-5-9(8)16-10-6-3-7-15-11(10)12(14)17/h1-7,16H,(H2,14,17). The number of benzene rings is 1. The number of hydrogen-bond acceptors (Lipinski definition) is 3. The van der Waals surface area contributed by atoms with Gasteiger partial charge in [-0.25, -0.2) is 0 Å². The Hall–Kier alpha value is -1.21. The first kappa shape index (κ1) is 12.3. The zero-order valence-electron chi connectivity index (χ0n) is 8.85. The summed E-state index contributed by atoms with van der Waals surface area (Å²) in [5.41, 5.74) is 8.08. The van der Waals surface area contributed by atoms with Crippen molar-refractivity contribution in [2.75, 3.05) is 5.32 Å². The van der Waals surface area contributed by atoms with Crippen molar-refractivity contribution in [3.8, 4) is 0 Å². The molecule has 0 amide bonds. The largest absolute Gasteiger partial charge is 0.388 e. The van der Waals surface area contributed by atoms with Crippen LogP contribution in [0, 0.1) is 3.57 Å². The van der Waals surface area contributed by atoms with Crippen molar-refractivity contribution in [2.24, 2.45) is 5.73 Å². The second kappa shape index (κ2) is 5.42. The van der Waals surface area contributed by atoms with Gasteiger partial charge in [-0.1, -0.05) is 24.4 Å². The normalized spacial score (nSPS) is 9.94. The van der Waals surface area contributed by atoms with E-state index in [-0.39, 0.29) is 0 Å². The lowest BCUT2D eigenvalue weighted by Crippen LogP contribution is -2.14. The number of nitrogens with zero attached hydrogens (tertiary/aromatic N) is 1. The number of pyridine rings is 1. The highest BCUT2D eigenvalue weighted by Crippen LogP contribution is 2.23. The summed E-state index contributed by atoms with van der Waals surface area (Å²) in [6, 6.07) is 11.7. The maximum absolute atomic E-state index is 5.63. The molecule has 17 heavy (non-hydrogen) atoms. The Balaban J connectivity index is 2.37. The molecule has 86 valence electrons. The van der Waals surface area contributed by atoms with Crippen LogP contribution in [0.5, 0.6) is 0 Å². The van der Waals surface area contributed by atoms with E-state index in [4.69, 9.17) is 18.0 Å². The van der Waals surface area contributed by atoms with Crippen LogP contribution in [0.15, 0.2) is 42.6 Å². The van der Waals surface area contributed by atoms with Gasteiger partial charge in [0, 0.05) is 9.77 Å². The Morgan fingerprint density at radius 2 is 1.88 bits per heavy atom. The molecule has 2 aromatic rings. The predicted octanol–water partition coefficient (Wildman–Crippen LogP) is 3.06. The van der Waals surface area contributed by atoms with E-state index in [0.29, 0.717) is 10.7 Å². The van der Waals surface area contributed by atoms with Crippen molar-refractivity contribution >= 4 is 51.2 Å². The van der Waals surface area contributed by atoms with E-state index in [0.717, 1.165) is 14.9 Å². The molecule has 0 aliphatic carbocycles. The van der Waals surface area contributed by atoms with Crippen molar-refractivity contribution in [2.45, 2.75) is 0 Å². The van der Waals surface area contributed by atoms with Gasteiger partial charge in [-0.2, -0.15) is 0 Å². The highest BCUT2D eigenvalue weighted by Gasteiger charge is 2.07. The van der Waals surface area contributed by atoms with Gasteiger partial charge in [-0.05, 0) is 46.9 Å². The third kappa shape index (κ3) is 2.92. The molecule has 0 fully saturated rings. The molecule has 1 aromatic heterocycles. The first-order valence-electron chi connectivity index (χ1n) is 4.95. The number of halogens is 1. The van der Waals surface area contributed by atoms with Crippen molar-refractivity contribution in [1.82, 2.24) is 4.98 Å². The van der Waals surface area contributed by atoms with Crippen LogP contribution >= 0.6 is 34.8 Å². The molecule has 0 unspecified atom stereocenters. The van der Waals surface area contributed by atoms with Crippen LogP contribution in [0.25, 0.3) is 0 Å². The summed E-state index contributed by atoms with van der Waals surface area (Å²) in [6.45, 7) is 0. The SMILES string of the molecule is NC(=S)c1ncccc1Nc1ccccc1I. The smallest absolute Gasteiger partial charge is 0.124 e. The monoisotopic (exact) mass is 355 g/mol. The second-order valence-electron chi connectivity index (χ2n) is 3.37. The van der Waals surface area contributed by atoms with Crippen molar-refractivity contribution in [3.63, 3.8) is 0 Å². The molecular formula is C12H10IN3S. The Morgan fingerprint density at radius 3 is 2.59 bits per heavy atom. The topological polar surface area (TPSA) is 50.9 Å². The number of anilines is 2. The molecule has 3 nitrogen and oxygen atoms in total. The first-order chi connectivity index (χ1) is 8.18. The Bertz CT molecular complexity index is 557. The molecule has 1 heterocycles. The van der Waals surface area contributed by atoms with Crippen LogP contribution in [0.2, 0.25) is 0 Å². The summed E-state index contributed by atoms with van der Waals surface area (Å²) in [7, 11) is 0. The quantitative estimate of drug-likeness (QED) is 0.656. The number of hydrogen-bond donors (Lipinski definition) is 2. The van der Waals surface area contributed by atoms with Gasteiger partial charge < -0.3 is 11.1 Å². The molecular weight excluding hydrogens is 345 g/mol. The number of aromatic nitrogens is 1. The Labute approximate surface area is 119 Å². The molecule has 2 rings (SSSR count). The molecule has 0 aliphatic rings. The zero-order chi connectivity index (χ0) is 12.3. The highest BCUT2D eigenvalue weighted by molar-refractivity contribution is 14.1. The minimum Gasteiger partial charge on any atom is -0.388 e. The van der Waals surface area contributed by atoms with Gasteiger partial charge in [0.1, 0.15) is 10.7 Å². The summed E-state index contributed by atoms with van der Waals surface area (Å²) in [6.07, 6.45) is 1.68. The summed E-state index contributed by atoms with van der Waals surface area (Å²) in [5, 5.41) is 3.28. The molecule has 0 saturated heterocycles. The summed E-state index contributed by atoms with van der Waals surface area (Å²) >= 11 is 7.24. The van der Waals surface area contributed by atoms with E-state index in [1.807, 2.05) is 36.4 Å². The minimum atomic E-state index is 0.291. The van der Waals surface area contributed by atoms with Crippen molar-refractivity contribution < 1.29 is 0 Å². The van der Waals surface area contributed by atoms with Crippen LogP contribution in [0.4, 0.5) is 11.4 Å². The third-order valence-corrected chi connectivity index (χ3v) is 3.32. The van der Waals surface area contributed by atoms with E-state index in [9.17, 15) is 0 Å². The Kier molecular flexibility index (Phi) is 3.90. The van der Waals surface area contributed by atoms with Crippen LogP contribution < -0.4 is 11.1 Å². The summed E-state index contributed by atoms with van der Waals surface area (Å²) in [5.74, 6) is 0. The fraction of sp³-hybridized carbons (Fsp3) is 0. The van der Waals surface area contributed by atoms with E-state index in [2.05, 4.69) is 32.9 Å². The Morgan fingerprint density at radius 1 is 1.18 bits per heavy atom. The first-order valence-corrected chi connectivity index (χ1v) is 6.43. The van der Waals surface area contributed by atoms with Crippen LogP contribution in [-0.2, 0) is 0 Å². The van der Waals surface area contributed by atoms with Gasteiger partial charge in [-0.15, -0.1) is 0 Å². The lowest BCUT2D eigenvalue weighted by molar-refractivity contribution is 1.28. The van der Waals surface area contributed by atoms with Gasteiger partial charge in [0.15, 0.2) is 0 Å². The minimum absolute atomic E-state index is 0.291. The van der Waals surface area contributed by atoms with Crippen LogP contribution in [-0.4, -0.2) is 9.97 Å².